The number of halogens is 1. The van der Waals surface area contributed by atoms with Crippen LogP contribution in [0.25, 0.3) is 5.65 Å². The van der Waals surface area contributed by atoms with Gasteiger partial charge in [-0.25, -0.2) is 4.98 Å². The number of carbonyl (C=O) groups is 1. The van der Waals surface area contributed by atoms with Crippen molar-refractivity contribution < 1.29 is 4.79 Å². The van der Waals surface area contributed by atoms with Crippen LogP contribution in [0.15, 0.2) is 42.5 Å². The zero-order valence-corrected chi connectivity index (χ0v) is 12.3. The van der Waals surface area contributed by atoms with E-state index in [4.69, 9.17) is 17.3 Å². The predicted molar refractivity (Wildman–Crippen MR) is 82.7 cm³/mol. The summed E-state index contributed by atoms with van der Waals surface area (Å²) >= 11 is 6.16. The van der Waals surface area contributed by atoms with E-state index >= 15 is 0 Å². The van der Waals surface area contributed by atoms with Crippen molar-refractivity contribution in [2.75, 3.05) is 0 Å². The van der Waals surface area contributed by atoms with Gasteiger partial charge in [0.15, 0.2) is 0 Å². The summed E-state index contributed by atoms with van der Waals surface area (Å²) in [6.45, 7) is 1.77. The van der Waals surface area contributed by atoms with Crippen molar-refractivity contribution in [3.8, 4) is 0 Å². The summed E-state index contributed by atoms with van der Waals surface area (Å²) < 4.78 is 1.79. The highest BCUT2D eigenvalue weighted by molar-refractivity contribution is 6.31. The lowest BCUT2D eigenvalue weighted by Gasteiger charge is -2.09. The number of amides is 1. The summed E-state index contributed by atoms with van der Waals surface area (Å²) in [6, 6.07) is 13.6. The molecule has 1 amide bonds. The third-order valence-corrected chi connectivity index (χ3v) is 3.62. The average molecular weight is 300 g/mol. The van der Waals surface area contributed by atoms with Gasteiger partial charge in [0.2, 0.25) is 0 Å². The van der Waals surface area contributed by atoms with Crippen LogP contribution in [0.2, 0.25) is 5.02 Å². The van der Waals surface area contributed by atoms with Crippen LogP contribution in [-0.4, -0.2) is 15.3 Å². The Morgan fingerprint density at radius 3 is 2.67 bits per heavy atom. The van der Waals surface area contributed by atoms with Gasteiger partial charge < -0.3 is 5.73 Å². The first-order valence-corrected chi connectivity index (χ1v) is 6.95. The second kappa shape index (κ2) is 5.22. The van der Waals surface area contributed by atoms with Crippen molar-refractivity contribution in [3.05, 3.63) is 70.1 Å². The molecule has 3 aromatic rings. The number of fused-ring (bicyclic) bond motifs is 1. The van der Waals surface area contributed by atoms with Gasteiger partial charge >= 0.3 is 0 Å². The molecule has 0 spiro atoms. The topological polar surface area (TPSA) is 60.4 Å². The van der Waals surface area contributed by atoms with E-state index in [0.717, 1.165) is 11.3 Å². The number of hydrogen-bond acceptors (Lipinski definition) is 2. The fourth-order valence-electron chi connectivity index (χ4n) is 2.55. The number of carbonyl (C=O) groups excluding carboxylic acids is 1. The molecule has 0 unspecified atom stereocenters. The zero-order chi connectivity index (χ0) is 15.0. The molecule has 3 rings (SSSR count). The van der Waals surface area contributed by atoms with E-state index in [-0.39, 0.29) is 0 Å². The summed E-state index contributed by atoms with van der Waals surface area (Å²) in [5.41, 5.74) is 9.17. The minimum atomic E-state index is -0.489. The Morgan fingerprint density at radius 2 is 2.00 bits per heavy atom. The lowest BCUT2D eigenvalue weighted by atomic mass is 10.1. The highest BCUT2D eigenvalue weighted by Gasteiger charge is 2.17. The summed E-state index contributed by atoms with van der Waals surface area (Å²) in [6.07, 6.45) is 0.647. The molecule has 106 valence electrons. The first-order valence-electron chi connectivity index (χ1n) is 6.57. The maximum Gasteiger partial charge on any atom is 0.267 e. The molecule has 2 aromatic heterocycles. The first kappa shape index (κ1) is 13.6. The number of nitrogens with zero attached hydrogens (tertiary/aromatic N) is 2. The third-order valence-electron chi connectivity index (χ3n) is 3.40. The molecule has 0 fully saturated rings. The number of rotatable bonds is 3. The van der Waals surface area contributed by atoms with Crippen LogP contribution in [0.5, 0.6) is 0 Å². The Morgan fingerprint density at radius 1 is 1.29 bits per heavy atom. The molecule has 0 atom stereocenters. The maximum atomic E-state index is 11.7. The lowest BCUT2D eigenvalue weighted by Crippen LogP contribution is -2.16. The van der Waals surface area contributed by atoms with Crippen LogP contribution in [0.1, 0.15) is 27.4 Å². The van der Waals surface area contributed by atoms with E-state index < -0.39 is 5.91 Å². The minimum absolute atomic E-state index is 0.410. The van der Waals surface area contributed by atoms with Crippen molar-refractivity contribution in [2.24, 2.45) is 5.73 Å². The van der Waals surface area contributed by atoms with Gasteiger partial charge in [-0.2, -0.15) is 0 Å². The highest BCUT2D eigenvalue weighted by atomic mass is 35.5. The molecule has 1 aromatic carbocycles. The fourth-order valence-corrected chi connectivity index (χ4v) is 2.77. The third kappa shape index (κ3) is 2.50. The van der Waals surface area contributed by atoms with E-state index in [2.05, 4.69) is 4.98 Å². The van der Waals surface area contributed by atoms with E-state index in [0.29, 0.717) is 28.5 Å². The molecule has 0 saturated carbocycles. The van der Waals surface area contributed by atoms with Gasteiger partial charge in [-0.1, -0.05) is 41.9 Å². The first-order chi connectivity index (χ1) is 10.1. The maximum absolute atomic E-state index is 11.7. The fraction of sp³-hybridized carbons (Fsp3) is 0.125. The number of imidazole rings is 1. The van der Waals surface area contributed by atoms with Crippen molar-refractivity contribution in [2.45, 2.75) is 13.3 Å². The standard InChI is InChI=1S/C16H14ClN3O/c1-10-15(16(18)21)20-13(7-11-5-3-2-4-6-11)8-12(17)9-14(20)19-10/h2-6,8-9H,7H2,1H3,(H2,18,21). The van der Waals surface area contributed by atoms with Gasteiger partial charge in [0, 0.05) is 23.2 Å². The molecule has 0 saturated heterocycles. The Balaban J connectivity index is 2.23. The van der Waals surface area contributed by atoms with Crippen LogP contribution in [0.4, 0.5) is 0 Å². The largest absolute Gasteiger partial charge is 0.364 e. The quantitative estimate of drug-likeness (QED) is 0.808. The van der Waals surface area contributed by atoms with Gasteiger partial charge in [0.25, 0.3) is 5.91 Å². The van der Waals surface area contributed by atoms with E-state index in [1.165, 1.54) is 0 Å². The predicted octanol–water partition coefficient (Wildman–Crippen LogP) is 2.99. The Labute approximate surface area is 127 Å². The SMILES string of the molecule is Cc1nc2cc(Cl)cc(Cc3ccccc3)n2c1C(N)=O. The second-order valence-electron chi connectivity index (χ2n) is 4.93. The molecule has 5 heteroatoms. The molecule has 0 bridgehead atoms. The highest BCUT2D eigenvalue weighted by Crippen LogP contribution is 2.22. The number of pyridine rings is 1. The molecular formula is C16H14ClN3O. The van der Waals surface area contributed by atoms with E-state index in [9.17, 15) is 4.79 Å². The Bertz CT molecular complexity index is 824. The molecule has 0 aliphatic rings. The minimum Gasteiger partial charge on any atom is -0.364 e. The van der Waals surface area contributed by atoms with Crippen LogP contribution in [0.3, 0.4) is 0 Å². The normalized spacial score (nSPS) is 11.0. The van der Waals surface area contributed by atoms with E-state index in [1.807, 2.05) is 36.4 Å². The molecule has 21 heavy (non-hydrogen) atoms. The van der Waals surface area contributed by atoms with Gasteiger partial charge in [-0.3, -0.25) is 9.20 Å². The summed E-state index contributed by atoms with van der Waals surface area (Å²) in [5.74, 6) is -0.489. The smallest absolute Gasteiger partial charge is 0.267 e. The second-order valence-corrected chi connectivity index (χ2v) is 5.37. The number of benzene rings is 1. The molecule has 0 radical (unpaired) electrons. The number of aromatic nitrogens is 2. The van der Waals surface area contributed by atoms with Crippen LogP contribution < -0.4 is 5.73 Å². The van der Waals surface area contributed by atoms with Crippen LogP contribution >= 0.6 is 11.6 Å². The summed E-state index contributed by atoms with van der Waals surface area (Å²) in [7, 11) is 0. The average Bonchev–Trinajstić information content (AvgIpc) is 2.76. The van der Waals surface area contributed by atoms with Crippen LogP contribution in [0, 0.1) is 6.92 Å². The molecule has 0 aliphatic heterocycles. The van der Waals surface area contributed by atoms with E-state index in [1.54, 1.807) is 17.4 Å². The van der Waals surface area contributed by atoms with Crippen molar-refractivity contribution in [1.29, 1.82) is 0 Å². The Hall–Kier alpha value is -2.33. The van der Waals surface area contributed by atoms with Gasteiger partial charge in [-0.05, 0) is 18.6 Å². The van der Waals surface area contributed by atoms with Crippen molar-refractivity contribution in [3.63, 3.8) is 0 Å². The summed E-state index contributed by atoms with van der Waals surface area (Å²) in [4.78, 5) is 16.1. The van der Waals surface area contributed by atoms with Crippen molar-refractivity contribution >= 4 is 23.2 Å². The van der Waals surface area contributed by atoms with Gasteiger partial charge in [0.05, 0.1) is 5.69 Å². The molecule has 0 aliphatic carbocycles. The van der Waals surface area contributed by atoms with Gasteiger partial charge in [-0.15, -0.1) is 0 Å². The number of aryl methyl sites for hydroxylation is 1. The monoisotopic (exact) mass is 299 g/mol. The molecular weight excluding hydrogens is 286 g/mol. The Kier molecular flexibility index (Phi) is 3.39. The van der Waals surface area contributed by atoms with Gasteiger partial charge in [0.1, 0.15) is 11.3 Å². The number of hydrogen-bond donors (Lipinski definition) is 1. The molecule has 4 nitrogen and oxygen atoms in total. The van der Waals surface area contributed by atoms with Crippen molar-refractivity contribution in [1.82, 2.24) is 9.38 Å². The number of nitrogens with two attached hydrogens (primary N) is 1. The molecule has 2 N–H and O–H groups in total. The zero-order valence-electron chi connectivity index (χ0n) is 11.5. The lowest BCUT2D eigenvalue weighted by molar-refractivity contribution is 0.0994. The van der Waals surface area contributed by atoms with Crippen LogP contribution in [-0.2, 0) is 6.42 Å². The number of primary amides is 1. The summed E-state index contributed by atoms with van der Waals surface area (Å²) in [5, 5.41) is 0.592. The molecule has 2 heterocycles.